The molecule has 3 N–H and O–H groups in total. The van der Waals surface area contributed by atoms with Crippen LogP contribution in [0.5, 0.6) is 11.5 Å². The summed E-state index contributed by atoms with van der Waals surface area (Å²) in [6.07, 6.45) is 6.23. The number of anilines is 2. The fourth-order valence-electron chi connectivity index (χ4n) is 5.71. The molecule has 0 unspecified atom stereocenters. The van der Waals surface area contributed by atoms with E-state index in [-0.39, 0.29) is 30.6 Å². The molecule has 40 heavy (non-hydrogen) atoms. The maximum Gasteiger partial charge on any atom is 0.323 e. The number of fused-ring (bicyclic) bond motifs is 1. The van der Waals surface area contributed by atoms with E-state index in [4.69, 9.17) is 9.47 Å². The lowest BCUT2D eigenvalue weighted by atomic mass is 9.89. The van der Waals surface area contributed by atoms with Crippen LogP contribution < -0.4 is 20.1 Å². The molecule has 0 aromatic heterocycles. The van der Waals surface area contributed by atoms with Crippen LogP contribution in [-0.4, -0.2) is 79.4 Å². The molecular weight excluding hydrogens is 508 g/mol. The summed E-state index contributed by atoms with van der Waals surface area (Å²) >= 11 is 0. The molecule has 2 aliphatic rings. The summed E-state index contributed by atoms with van der Waals surface area (Å²) in [5.74, 6) is 1.52. The molecule has 2 aromatic rings. The Hall–Kier alpha value is -3.30. The van der Waals surface area contributed by atoms with Gasteiger partial charge in [-0.15, -0.1) is 0 Å². The van der Waals surface area contributed by atoms with Gasteiger partial charge in [0.1, 0.15) is 11.9 Å². The van der Waals surface area contributed by atoms with Crippen molar-refractivity contribution in [2.45, 2.75) is 58.1 Å². The van der Waals surface area contributed by atoms with Crippen molar-refractivity contribution in [1.29, 1.82) is 0 Å². The molecule has 3 atom stereocenters. The predicted octanol–water partition coefficient (Wildman–Crippen LogP) is 5.07. The Balaban J connectivity index is 1.58. The van der Waals surface area contributed by atoms with Crippen molar-refractivity contribution in [1.82, 2.24) is 9.80 Å². The molecule has 0 radical (unpaired) electrons. The quantitative estimate of drug-likeness (QED) is 0.401. The highest BCUT2D eigenvalue weighted by Crippen LogP contribution is 2.35. The molecule has 0 bridgehead atoms. The number of urea groups is 1. The first-order valence-electron chi connectivity index (χ1n) is 14.4. The van der Waals surface area contributed by atoms with E-state index in [9.17, 15) is 14.7 Å². The second-order valence-corrected chi connectivity index (χ2v) is 11.3. The SMILES string of the molecule is COc1ccc(NC(=O)Nc2cccc3c2O[C@@H](CN(C)CC2CCCCC2)[C@H](C)CN([C@@H](C)CO)C3=O)cc1. The number of carbonyl (C=O) groups is 2. The highest BCUT2D eigenvalue weighted by atomic mass is 16.5. The molecule has 218 valence electrons. The summed E-state index contributed by atoms with van der Waals surface area (Å²) in [7, 11) is 3.72. The third kappa shape index (κ3) is 7.46. The number of benzene rings is 2. The summed E-state index contributed by atoms with van der Waals surface area (Å²) in [6, 6.07) is 11.4. The lowest BCUT2D eigenvalue weighted by Gasteiger charge is -2.39. The fraction of sp³-hybridized carbons (Fsp3) is 0.548. The number of aliphatic hydroxyl groups excluding tert-OH is 1. The number of nitrogens with one attached hydrogen (secondary N) is 2. The molecule has 0 saturated heterocycles. The van der Waals surface area contributed by atoms with Crippen LogP contribution in [0.4, 0.5) is 16.2 Å². The van der Waals surface area contributed by atoms with Gasteiger partial charge in [0, 0.05) is 31.2 Å². The third-order valence-corrected chi connectivity index (χ3v) is 8.07. The first kappa shape index (κ1) is 29.7. The summed E-state index contributed by atoms with van der Waals surface area (Å²) in [6.45, 7) is 5.97. The van der Waals surface area contributed by atoms with Crippen molar-refractivity contribution in [2.24, 2.45) is 11.8 Å². The average molecular weight is 553 g/mol. The van der Waals surface area contributed by atoms with Crippen LogP contribution in [0.25, 0.3) is 0 Å². The topological polar surface area (TPSA) is 103 Å². The van der Waals surface area contributed by atoms with E-state index >= 15 is 0 Å². The minimum atomic E-state index is -0.448. The molecule has 1 fully saturated rings. The van der Waals surface area contributed by atoms with Crippen LogP contribution in [0.2, 0.25) is 0 Å². The van der Waals surface area contributed by atoms with Gasteiger partial charge in [-0.2, -0.15) is 0 Å². The van der Waals surface area contributed by atoms with Crippen molar-refractivity contribution in [3.8, 4) is 11.5 Å². The number of nitrogens with zero attached hydrogens (tertiary/aromatic N) is 2. The zero-order valence-corrected chi connectivity index (χ0v) is 24.2. The van der Waals surface area contributed by atoms with E-state index in [0.29, 0.717) is 47.4 Å². The van der Waals surface area contributed by atoms with Crippen molar-refractivity contribution in [2.75, 3.05) is 51.0 Å². The molecule has 2 aromatic carbocycles. The van der Waals surface area contributed by atoms with Crippen molar-refractivity contribution < 1.29 is 24.2 Å². The number of aliphatic hydroxyl groups is 1. The summed E-state index contributed by atoms with van der Waals surface area (Å²) in [4.78, 5) is 30.7. The van der Waals surface area contributed by atoms with Gasteiger partial charge in [-0.3, -0.25) is 4.79 Å². The number of para-hydroxylation sites is 1. The smallest absolute Gasteiger partial charge is 0.323 e. The van der Waals surface area contributed by atoms with Gasteiger partial charge in [-0.25, -0.2) is 4.79 Å². The van der Waals surface area contributed by atoms with E-state index in [1.165, 1.54) is 32.1 Å². The maximum absolute atomic E-state index is 13.7. The summed E-state index contributed by atoms with van der Waals surface area (Å²) in [5.41, 5.74) is 1.39. The molecule has 3 amide bonds. The van der Waals surface area contributed by atoms with Gasteiger partial charge >= 0.3 is 6.03 Å². The van der Waals surface area contributed by atoms with Gasteiger partial charge in [-0.1, -0.05) is 32.3 Å². The number of ether oxygens (including phenoxy) is 2. The summed E-state index contributed by atoms with van der Waals surface area (Å²) < 4.78 is 11.8. The number of rotatable bonds is 9. The molecule has 0 spiro atoms. The number of likely N-dealkylation sites (N-methyl/N-ethyl adjacent to an activating group) is 1. The zero-order valence-electron chi connectivity index (χ0n) is 24.2. The van der Waals surface area contributed by atoms with Gasteiger partial charge in [0.05, 0.1) is 31.0 Å². The monoisotopic (exact) mass is 552 g/mol. The Kier molecular flexibility index (Phi) is 10.3. The number of methoxy groups -OCH3 is 1. The lowest BCUT2D eigenvalue weighted by molar-refractivity contribution is 0.0333. The molecule has 1 saturated carbocycles. The van der Waals surface area contributed by atoms with Crippen LogP contribution in [0.3, 0.4) is 0 Å². The molecule has 1 aliphatic heterocycles. The molecule has 4 rings (SSSR count). The molecule has 1 aliphatic carbocycles. The maximum atomic E-state index is 13.7. The fourth-order valence-corrected chi connectivity index (χ4v) is 5.71. The van der Waals surface area contributed by atoms with E-state index in [1.807, 2.05) is 6.92 Å². The van der Waals surface area contributed by atoms with E-state index in [0.717, 1.165) is 6.54 Å². The van der Waals surface area contributed by atoms with Gasteiger partial charge in [0.25, 0.3) is 5.91 Å². The highest BCUT2D eigenvalue weighted by Gasteiger charge is 2.35. The molecule has 9 heteroatoms. The van der Waals surface area contributed by atoms with E-state index < -0.39 is 6.03 Å². The lowest BCUT2D eigenvalue weighted by Crippen LogP contribution is -2.50. The standard InChI is InChI=1S/C31H44N4O5/c1-21-17-35(22(2)20-36)30(37)26-11-8-12-27(33-31(38)32-24-13-15-25(39-4)16-14-24)29(26)40-28(21)19-34(3)18-23-9-6-5-7-10-23/h8,11-16,21-23,28,36H,5-7,9-10,17-20H2,1-4H3,(H2,32,33,38)/t21-,22+,28+/m1/s1. The van der Waals surface area contributed by atoms with E-state index in [1.54, 1.807) is 54.5 Å². The Morgan fingerprint density at radius 1 is 1.12 bits per heavy atom. The zero-order chi connectivity index (χ0) is 28.6. The Morgan fingerprint density at radius 3 is 2.52 bits per heavy atom. The van der Waals surface area contributed by atoms with Crippen LogP contribution in [0.15, 0.2) is 42.5 Å². The van der Waals surface area contributed by atoms with Crippen molar-refractivity contribution in [3.05, 3.63) is 48.0 Å². The van der Waals surface area contributed by atoms with E-state index in [2.05, 4.69) is 29.5 Å². The largest absolute Gasteiger partial charge is 0.497 e. The van der Waals surface area contributed by atoms with Crippen LogP contribution in [0, 0.1) is 11.8 Å². The highest BCUT2D eigenvalue weighted by molar-refractivity contribution is 6.04. The second-order valence-electron chi connectivity index (χ2n) is 11.3. The number of hydrogen-bond acceptors (Lipinski definition) is 6. The minimum absolute atomic E-state index is 0.00101. The van der Waals surface area contributed by atoms with Gasteiger partial charge in [0.2, 0.25) is 0 Å². The molecule has 9 nitrogen and oxygen atoms in total. The average Bonchev–Trinajstić information content (AvgIpc) is 2.95. The molecule has 1 heterocycles. The third-order valence-electron chi connectivity index (χ3n) is 8.07. The number of carbonyl (C=O) groups excluding carboxylic acids is 2. The summed E-state index contributed by atoms with van der Waals surface area (Å²) in [5, 5.41) is 15.6. The minimum Gasteiger partial charge on any atom is -0.497 e. The predicted molar refractivity (Wildman–Crippen MR) is 157 cm³/mol. The normalized spacial score (nSPS) is 20.6. The van der Waals surface area contributed by atoms with Crippen LogP contribution in [0.1, 0.15) is 56.3 Å². The Labute approximate surface area is 237 Å². The Morgan fingerprint density at radius 2 is 1.85 bits per heavy atom. The second kappa shape index (κ2) is 13.9. The van der Waals surface area contributed by atoms with Crippen LogP contribution >= 0.6 is 0 Å². The first-order chi connectivity index (χ1) is 19.3. The first-order valence-corrected chi connectivity index (χ1v) is 14.4. The van der Waals surface area contributed by atoms with Gasteiger partial charge in [-0.05, 0) is 69.1 Å². The number of amides is 3. The number of hydrogen-bond donors (Lipinski definition) is 3. The van der Waals surface area contributed by atoms with Crippen molar-refractivity contribution >= 4 is 23.3 Å². The van der Waals surface area contributed by atoms with Crippen LogP contribution in [-0.2, 0) is 0 Å². The van der Waals surface area contributed by atoms with Gasteiger partial charge < -0.3 is 35.0 Å². The van der Waals surface area contributed by atoms with Crippen molar-refractivity contribution in [3.63, 3.8) is 0 Å². The molecular formula is C31H44N4O5. The van der Waals surface area contributed by atoms with Gasteiger partial charge in [0.15, 0.2) is 5.75 Å². The Bertz CT molecular complexity index is 1140.